The first-order valence-electron chi connectivity index (χ1n) is 18.5. The van der Waals surface area contributed by atoms with Gasteiger partial charge in [-0.1, -0.05) is 112 Å². The summed E-state index contributed by atoms with van der Waals surface area (Å²) in [6, 6.07) is 11.2. The summed E-state index contributed by atoms with van der Waals surface area (Å²) in [6.07, 6.45) is 16.1. The number of rotatable bonds is 25. The van der Waals surface area contributed by atoms with Crippen LogP contribution >= 0.6 is 0 Å². The smallest absolute Gasteiger partial charge is 0.188 e. The summed E-state index contributed by atoms with van der Waals surface area (Å²) >= 11 is 0. The Balaban J connectivity index is 2.67. The molecule has 0 saturated heterocycles. The lowest BCUT2D eigenvalue weighted by atomic mass is 10.0. The number of hydrogen-bond donors (Lipinski definition) is 0. The highest BCUT2D eigenvalue weighted by atomic mass is 16.5. The molecule has 0 saturated carbocycles. The van der Waals surface area contributed by atoms with Crippen LogP contribution in [0.5, 0.6) is 11.5 Å². The fourth-order valence-corrected chi connectivity index (χ4v) is 5.64. The van der Waals surface area contributed by atoms with E-state index < -0.39 is 0 Å². The van der Waals surface area contributed by atoms with E-state index in [0.29, 0.717) is 53.4 Å². The molecule has 0 radical (unpaired) electrons. The van der Waals surface area contributed by atoms with Gasteiger partial charge in [0.2, 0.25) is 0 Å². The van der Waals surface area contributed by atoms with E-state index >= 15 is 0 Å². The second kappa shape index (κ2) is 23.7. The van der Waals surface area contributed by atoms with Crippen LogP contribution in [0.2, 0.25) is 0 Å². The highest BCUT2D eigenvalue weighted by Crippen LogP contribution is 2.42. The highest BCUT2D eigenvalue weighted by Gasteiger charge is 2.20. The molecule has 0 aliphatic rings. The van der Waals surface area contributed by atoms with Crippen LogP contribution in [0.15, 0.2) is 40.6 Å². The molecule has 258 valence electrons. The summed E-state index contributed by atoms with van der Waals surface area (Å²) < 4.78 is 13.3. The maximum atomic E-state index is 9.75. The Hall–Kier alpha value is -3.58. The number of hydrogen-bond acceptors (Lipinski definition) is 6. The quantitative estimate of drug-likeness (QED) is 0.0613. The number of anilines is 1. The third-order valence-electron chi connectivity index (χ3n) is 8.98. The van der Waals surface area contributed by atoms with Gasteiger partial charge in [-0.05, 0) is 49.7 Å². The molecule has 2 rings (SSSR count). The molecule has 0 aromatic heterocycles. The second-order valence-electron chi connectivity index (χ2n) is 12.8. The summed E-state index contributed by atoms with van der Waals surface area (Å²) in [6.45, 7) is 24.0. The Kier molecular flexibility index (Phi) is 20.0. The average molecular weight is 644 g/mol. The minimum atomic E-state index is 0.322. The molecule has 2 atom stereocenters. The zero-order valence-corrected chi connectivity index (χ0v) is 30.3. The molecule has 0 aliphatic carbocycles. The van der Waals surface area contributed by atoms with Crippen molar-refractivity contribution in [1.29, 1.82) is 5.26 Å². The van der Waals surface area contributed by atoms with Gasteiger partial charge in [0.1, 0.15) is 28.9 Å². The van der Waals surface area contributed by atoms with Crippen LogP contribution in [-0.4, -0.2) is 26.3 Å². The van der Waals surface area contributed by atoms with Gasteiger partial charge in [-0.2, -0.15) is 5.26 Å². The predicted molar refractivity (Wildman–Crippen MR) is 197 cm³/mol. The van der Waals surface area contributed by atoms with Crippen LogP contribution in [0.3, 0.4) is 0 Å². The summed E-state index contributed by atoms with van der Waals surface area (Å²) in [5.41, 5.74) is 2.82. The van der Waals surface area contributed by atoms with Crippen LogP contribution in [0, 0.1) is 29.7 Å². The van der Waals surface area contributed by atoms with Gasteiger partial charge < -0.3 is 14.4 Å². The molecular weight excluding hydrogens is 582 g/mol. The Morgan fingerprint density at radius 3 is 1.79 bits per heavy atom. The number of nitrogens with zero attached hydrogens (tertiary/aromatic N) is 5. The summed E-state index contributed by atoms with van der Waals surface area (Å²) in [5.74, 6) is 2.45. The monoisotopic (exact) mass is 643 g/mol. The lowest BCUT2D eigenvalue weighted by Crippen LogP contribution is -2.27. The third-order valence-corrected chi connectivity index (χ3v) is 8.98. The largest absolute Gasteiger partial charge is 0.491 e. The number of nitriles is 1. The molecule has 2 unspecified atom stereocenters. The Morgan fingerprint density at radius 1 is 0.723 bits per heavy atom. The molecule has 0 N–H and O–H groups in total. The van der Waals surface area contributed by atoms with Crippen LogP contribution in [-0.2, 0) is 0 Å². The van der Waals surface area contributed by atoms with E-state index in [1.165, 1.54) is 51.4 Å². The topological polar surface area (TPSA) is 74.6 Å². The van der Waals surface area contributed by atoms with Crippen molar-refractivity contribution >= 4 is 22.7 Å². The molecule has 0 spiro atoms. The van der Waals surface area contributed by atoms with Crippen molar-refractivity contribution in [2.24, 2.45) is 22.1 Å². The normalized spacial score (nSPS) is 12.4. The zero-order chi connectivity index (χ0) is 34.3. The number of azo groups is 1. The molecule has 2 aromatic carbocycles. The number of ether oxygens (including phenoxy) is 2. The first-order valence-corrected chi connectivity index (χ1v) is 18.5. The fourth-order valence-electron chi connectivity index (χ4n) is 5.64. The Bertz CT molecular complexity index is 1270. The van der Waals surface area contributed by atoms with Gasteiger partial charge in [-0.15, -0.1) is 10.2 Å². The SMILES string of the molecule is [C-]#[N+]c1ccc(N=Nc2cc(OCC(CC)CCCC)c(N(CCCCC)CCCCC)cc2OCC(CC)CCCC)c(C#N)c1. The molecule has 7 nitrogen and oxygen atoms in total. The van der Waals surface area contributed by atoms with E-state index in [1.54, 1.807) is 18.2 Å². The summed E-state index contributed by atoms with van der Waals surface area (Å²) in [4.78, 5) is 5.95. The van der Waals surface area contributed by atoms with Crippen molar-refractivity contribution in [1.82, 2.24) is 0 Å². The molecular formula is C40H61N5O2. The molecule has 2 aromatic rings. The fraction of sp³-hybridized carbons (Fsp3) is 0.650. The van der Waals surface area contributed by atoms with Gasteiger partial charge in [0, 0.05) is 25.2 Å². The molecule has 0 heterocycles. The van der Waals surface area contributed by atoms with Gasteiger partial charge in [0.05, 0.1) is 31.0 Å². The van der Waals surface area contributed by atoms with Crippen molar-refractivity contribution in [2.45, 2.75) is 131 Å². The first kappa shape index (κ1) is 39.6. The Labute approximate surface area is 286 Å². The summed E-state index contributed by atoms with van der Waals surface area (Å²) in [5, 5.41) is 19.0. The van der Waals surface area contributed by atoms with E-state index in [0.717, 1.165) is 63.1 Å². The van der Waals surface area contributed by atoms with Gasteiger partial charge in [-0.25, -0.2) is 4.85 Å². The zero-order valence-electron chi connectivity index (χ0n) is 30.3. The third kappa shape index (κ3) is 14.0. The standard InChI is InChI=1S/C40H61N5O2/c1-8-14-18-24-45(25-19-15-9-2)38-28-39(46-30-32(12-5)20-16-10-3)37(27-40(38)47-31-33(13-6)21-17-11-4)44-43-36-23-22-35(42-7)26-34(36)29-41/h22-23,26-28,32-33H,8-21,24-25,30-31H2,1-6H3. The van der Waals surface area contributed by atoms with Crippen LogP contribution in [0.1, 0.15) is 137 Å². The molecule has 47 heavy (non-hydrogen) atoms. The van der Waals surface area contributed by atoms with Gasteiger partial charge in [0.25, 0.3) is 0 Å². The highest BCUT2D eigenvalue weighted by molar-refractivity contribution is 5.70. The lowest BCUT2D eigenvalue weighted by Gasteiger charge is -2.29. The van der Waals surface area contributed by atoms with Crippen molar-refractivity contribution in [2.75, 3.05) is 31.2 Å². The predicted octanol–water partition coefficient (Wildman–Crippen LogP) is 12.9. The van der Waals surface area contributed by atoms with E-state index in [-0.39, 0.29) is 0 Å². The molecule has 7 heteroatoms. The van der Waals surface area contributed by atoms with E-state index in [2.05, 4.69) is 73.7 Å². The lowest BCUT2D eigenvalue weighted by molar-refractivity contribution is 0.228. The van der Waals surface area contributed by atoms with Gasteiger partial charge in [0.15, 0.2) is 5.69 Å². The molecule has 0 fully saturated rings. The van der Waals surface area contributed by atoms with Crippen LogP contribution in [0.4, 0.5) is 22.7 Å². The minimum Gasteiger partial charge on any atom is -0.491 e. The van der Waals surface area contributed by atoms with Crippen molar-refractivity contribution in [3.63, 3.8) is 0 Å². The number of unbranched alkanes of at least 4 members (excludes halogenated alkanes) is 6. The van der Waals surface area contributed by atoms with Gasteiger partial charge >= 0.3 is 0 Å². The summed E-state index contributed by atoms with van der Waals surface area (Å²) in [7, 11) is 0. The van der Waals surface area contributed by atoms with Crippen molar-refractivity contribution in [3.8, 4) is 17.6 Å². The van der Waals surface area contributed by atoms with E-state index in [1.807, 2.05) is 6.07 Å². The maximum Gasteiger partial charge on any atom is 0.188 e. The number of benzene rings is 2. The van der Waals surface area contributed by atoms with Crippen LogP contribution < -0.4 is 14.4 Å². The maximum absolute atomic E-state index is 9.75. The second-order valence-corrected chi connectivity index (χ2v) is 12.8. The Morgan fingerprint density at radius 2 is 1.28 bits per heavy atom. The van der Waals surface area contributed by atoms with Crippen molar-refractivity contribution in [3.05, 3.63) is 47.3 Å². The van der Waals surface area contributed by atoms with Crippen LogP contribution in [0.25, 0.3) is 4.85 Å². The molecule has 0 bridgehead atoms. The first-order chi connectivity index (χ1) is 23.0. The van der Waals surface area contributed by atoms with Gasteiger partial charge in [-0.3, -0.25) is 0 Å². The van der Waals surface area contributed by atoms with Crippen molar-refractivity contribution < 1.29 is 9.47 Å². The minimum absolute atomic E-state index is 0.322. The molecule has 0 aliphatic heterocycles. The molecule has 0 amide bonds. The van der Waals surface area contributed by atoms with E-state index in [4.69, 9.17) is 16.0 Å². The van der Waals surface area contributed by atoms with E-state index in [9.17, 15) is 5.26 Å². The average Bonchev–Trinajstić information content (AvgIpc) is 3.10.